The zero-order valence-electron chi connectivity index (χ0n) is 7.69. The Labute approximate surface area is 82.5 Å². The van der Waals surface area contributed by atoms with Crippen molar-refractivity contribution in [2.24, 2.45) is 0 Å². The second-order valence-corrected chi connectivity index (χ2v) is 2.72. The van der Waals surface area contributed by atoms with Crippen LogP contribution in [0.5, 0.6) is 5.75 Å². The van der Waals surface area contributed by atoms with E-state index >= 15 is 0 Å². The summed E-state index contributed by atoms with van der Waals surface area (Å²) in [6.45, 7) is 0.456. The van der Waals surface area contributed by atoms with Crippen LogP contribution in [-0.4, -0.2) is 17.7 Å². The molecule has 0 spiro atoms. The summed E-state index contributed by atoms with van der Waals surface area (Å²) in [6, 6.07) is 9.99. The molecule has 0 heterocycles. The molecule has 0 aliphatic rings. The van der Waals surface area contributed by atoms with Crippen molar-refractivity contribution in [3.05, 3.63) is 30.3 Å². The van der Waals surface area contributed by atoms with Gasteiger partial charge in [0.25, 0.3) is 0 Å². The van der Waals surface area contributed by atoms with Crippen molar-refractivity contribution in [2.75, 3.05) is 6.61 Å². The van der Waals surface area contributed by atoms with Gasteiger partial charge in [-0.2, -0.15) is 0 Å². The summed E-state index contributed by atoms with van der Waals surface area (Å²) in [7, 11) is 0. The Morgan fingerprint density at radius 3 is 2.86 bits per heavy atom. The van der Waals surface area contributed by atoms with Gasteiger partial charge in [-0.3, -0.25) is 10.0 Å². The maximum absolute atomic E-state index is 10.6. The van der Waals surface area contributed by atoms with Crippen molar-refractivity contribution >= 4 is 5.91 Å². The summed E-state index contributed by atoms with van der Waals surface area (Å²) in [5.41, 5.74) is 1.56. The van der Waals surface area contributed by atoms with Gasteiger partial charge in [0, 0.05) is 6.42 Å². The summed E-state index contributed by atoms with van der Waals surface area (Å²) in [5.74, 6) is 0.364. The van der Waals surface area contributed by atoms with E-state index in [9.17, 15) is 4.79 Å². The predicted octanol–water partition coefficient (Wildman–Crippen LogP) is 1.15. The Morgan fingerprint density at radius 1 is 1.50 bits per heavy atom. The number of nitrogens with one attached hydrogen (secondary N) is 1. The molecule has 0 bridgehead atoms. The summed E-state index contributed by atoms with van der Waals surface area (Å²) in [6.07, 6.45) is 0.834. The fourth-order valence-corrected chi connectivity index (χ4v) is 0.946. The van der Waals surface area contributed by atoms with Crippen LogP contribution in [0.15, 0.2) is 24.3 Å². The van der Waals surface area contributed by atoms with Crippen molar-refractivity contribution in [3.63, 3.8) is 0 Å². The first-order valence-electron chi connectivity index (χ1n) is 4.35. The van der Waals surface area contributed by atoms with Crippen LogP contribution in [0, 0.1) is 6.07 Å². The topological polar surface area (TPSA) is 58.6 Å². The summed E-state index contributed by atoms with van der Waals surface area (Å²) in [5, 5.41) is 8.21. The molecular formula is C10H12NO3. The number of carbonyl (C=O) groups is 1. The van der Waals surface area contributed by atoms with Crippen LogP contribution in [0.4, 0.5) is 0 Å². The second kappa shape index (κ2) is 5.99. The van der Waals surface area contributed by atoms with E-state index in [2.05, 4.69) is 6.07 Å². The van der Waals surface area contributed by atoms with Gasteiger partial charge >= 0.3 is 0 Å². The Hall–Kier alpha value is -1.55. The van der Waals surface area contributed by atoms with E-state index in [0.29, 0.717) is 13.0 Å². The van der Waals surface area contributed by atoms with E-state index in [1.54, 1.807) is 29.7 Å². The molecule has 0 aliphatic carbocycles. The fraction of sp³-hybridized carbons (Fsp3) is 0.300. The largest absolute Gasteiger partial charge is 0.494 e. The number of benzene rings is 1. The van der Waals surface area contributed by atoms with Crippen molar-refractivity contribution in [1.29, 1.82) is 0 Å². The van der Waals surface area contributed by atoms with Gasteiger partial charge in [-0.05, 0) is 24.6 Å². The molecule has 0 saturated heterocycles. The van der Waals surface area contributed by atoms with Crippen LogP contribution in [0.2, 0.25) is 0 Å². The van der Waals surface area contributed by atoms with E-state index in [1.807, 2.05) is 0 Å². The first-order chi connectivity index (χ1) is 6.83. The molecule has 0 saturated carbocycles. The lowest BCUT2D eigenvalue weighted by atomic mass is 10.3. The third-order valence-electron chi connectivity index (χ3n) is 1.63. The molecule has 0 aliphatic heterocycles. The van der Waals surface area contributed by atoms with Crippen LogP contribution in [-0.2, 0) is 4.79 Å². The van der Waals surface area contributed by atoms with Gasteiger partial charge in [0.15, 0.2) is 0 Å². The monoisotopic (exact) mass is 194 g/mol. The number of hydroxylamine groups is 1. The minimum absolute atomic E-state index is 0.259. The van der Waals surface area contributed by atoms with E-state index in [1.165, 1.54) is 0 Å². The molecule has 14 heavy (non-hydrogen) atoms. The lowest BCUT2D eigenvalue weighted by Gasteiger charge is -2.04. The number of rotatable bonds is 5. The molecule has 4 heteroatoms. The fourth-order valence-electron chi connectivity index (χ4n) is 0.946. The molecule has 1 aromatic rings. The molecule has 0 atom stereocenters. The smallest absolute Gasteiger partial charge is 0.243 e. The molecule has 2 N–H and O–H groups in total. The standard InChI is InChI=1S/C10H12NO3/c12-10(11-13)7-4-8-14-9-5-2-1-3-6-9/h2-3,5-6,13H,4,7-8H2,(H,11,12). The van der Waals surface area contributed by atoms with Crippen molar-refractivity contribution in [1.82, 2.24) is 5.48 Å². The van der Waals surface area contributed by atoms with Crippen molar-refractivity contribution in [2.45, 2.75) is 12.8 Å². The molecule has 1 radical (unpaired) electrons. The quantitative estimate of drug-likeness (QED) is 0.420. The van der Waals surface area contributed by atoms with Gasteiger partial charge in [0.2, 0.25) is 5.91 Å². The van der Waals surface area contributed by atoms with Gasteiger partial charge < -0.3 is 4.74 Å². The minimum atomic E-state index is -0.394. The highest BCUT2D eigenvalue weighted by atomic mass is 16.5. The molecule has 0 unspecified atom stereocenters. The summed E-state index contributed by atoms with van der Waals surface area (Å²) >= 11 is 0. The highest BCUT2D eigenvalue weighted by Crippen LogP contribution is 2.08. The van der Waals surface area contributed by atoms with Crippen LogP contribution < -0.4 is 10.2 Å². The van der Waals surface area contributed by atoms with Gasteiger partial charge in [0.05, 0.1) is 6.61 Å². The number of ether oxygens (including phenoxy) is 1. The average Bonchev–Trinajstić information content (AvgIpc) is 2.25. The third kappa shape index (κ3) is 3.91. The Bertz CT molecular complexity index is 274. The van der Waals surface area contributed by atoms with E-state index in [0.717, 1.165) is 5.75 Å². The van der Waals surface area contributed by atoms with E-state index < -0.39 is 5.91 Å². The van der Waals surface area contributed by atoms with Crippen molar-refractivity contribution < 1.29 is 14.7 Å². The lowest BCUT2D eigenvalue weighted by molar-refractivity contribution is -0.129. The molecule has 4 nitrogen and oxygen atoms in total. The maximum Gasteiger partial charge on any atom is 0.243 e. The van der Waals surface area contributed by atoms with Gasteiger partial charge in [0.1, 0.15) is 5.75 Å². The Kier molecular flexibility index (Phi) is 4.50. The van der Waals surface area contributed by atoms with Crippen LogP contribution in [0.1, 0.15) is 12.8 Å². The number of carbonyl (C=O) groups excluding carboxylic acids is 1. The first kappa shape index (κ1) is 10.5. The minimum Gasteiger partial charge on any atom is -0.494 e. The van der Waals surface area contributed by atoms with Gasteiger partial charge in [-0.25, -0.2) is 5.48 Å². The highest BCUT2D eigenvalue weighted by molar-refractivity contribution is 5.74. The molecule has 0 fully saturated rings. The SMILES string of the molecule is O=C(CCCOc1cc[c]cc1)NO. The molecule has 1 amide bonds. The van der Waals surface area contributed by atoms with Crippen LogP contribution in [0.25, 0.3) is 0 Å². The Morgan fingerprint density at radius 2 is 2.21 bits per heavy atom. The van der Waals surface area contributed by atoms with Crippen molar-refractivity contribution in [3.8, 4) is 5.75 Å². The third-order valence-corrected chi connectivity index (χ3v) is 1.63. The Balaban J connectivity index is 2.13. The lowest BCUT2D eigenvalue weighted by Crippen LogP contribution is -2.18. The maximum atomic E-state index is 10.6. The van der Waals surface area contributed by atoms with Crippen LogP contribution in [0.3, 0.4) is 0 Å². The van der Waals surface area contributed by atoms with E-state index in [4.69, 9.17) is 9.94 Å². The average molecular weight is 194 g/mol. The number of hydrogen-bond donors (Lipinski definition) is 2. The van der Waals surface area contributed by atoms with Gasteiger partial charge in [-0.15, -0.1) is 0 Å². The van der Waals surface area contributed by atoms with E-state index in [-0.39, 0.29) is 6.42 Å². The number of hydrogen-bond acceptors (Lipinski definition) is 3. The molecule has 75 valence electrons. The zero-order chi connectivity index (χ0) is 10.2. The molecular weight excluding hydrogens is 182 g/mol. The predicted molar refractivity (Wildman–Crippen MR) is 49.9 cm³/mol. The molecule has 0 aromatic heterocycles. The normalized spacial score (nSPS) is 9.50. The highest BCUT2D eigenvalue weighted by Gasteiger charge is 1.98. The molecule has 1 rings (SSSR count). The first-order valence-corrected chi connectivity index (χ1v) is 4.35. The summed E-state index contributed by atoms with van der Waals surface area (Å²) < 4.78 is 5.32. The van der Waals surface area contributed by atoms with Crippen LogP contribution >= 0.6 is 0 Å². The molecule has 1 aromatic carbocycles. The summed E-state index contributed by atoms with van der Waals surface area (Å²) in [4.78, 5) is 10.6. The van der Waals surface area contributed by atoms with Gasteiger partial charge in [-0.1, -0.05) is 12.1 Å². The zero-order valence-corrected chi connectivity index (χ0v) is 7.69. The second-order valence-electron chi connectivity index (χ2n) is 2.72. The number of amides is 1.